The van der Waals surface area contributed by atoms with Gasteiger partial charge < -0.3 is 0 Å². The average Bonchev–Trinajstić information content (AvgIpc) is 2.26. The number of benzene rings is 1. The Kier molecular flexibility index (Phi) is 4.23. The third kappa shape index (κ3) is 2.69. The Balaban J connectivity index is 3.01. The molecule has 0 aromatic heterocycles. The molecule has 1 aromatic carbocycles. The third-order valence-electron chi connectivity index (χ3n) is 2.82. The van der Waals surface area contributed by atoms with Crippen LogP contribution < -0.4 is 0 Å². The molecule has 0 N–H and O–H groups in total. The molecule has 0 amide bonds. The van der Waals surface area contributed by atoms with Crippen LogP contribution in [0.15, 0.2) is 36.9 Å². The highest BCUT2D eigenvalue weighted by molar-refractivity contribution is 5.28. The second kappa shape index (κ2) is 5.45. The van der Waals surface area contributed by atoms with E-state index in [1.54, 1.807) is 6.08 Å². The maximum Gasteiger partial charge on any atom is 0.223 e. The van der Waals surface area contributed by atoms with Gasteiger partial charge in [-0.2, -0.15) is 0 Å². The number of hydrogen-bond donors (Lipinski definition) is 0. The lowest BCUT2D eigenvalue weighted by Crippen LogP contribution is -2.25. The van der Waals surface area contributed by atoms with Crippen molar-refractivity contribution < 1.29 is 4.92 Å². The van der Waals surface area contributed by atoms with Crippen molar-refractivity contribution in [1.29, 1.82) is 0 Å². The Morgan fingerprint density at radius 3 is 2.38 bits per heavy atom. The SMILES string of the molecule is C=CC(c1ccc(C)cc1)C(CC)[N+](=O)[O-]. The fourth-order valence-corrected chi connectivity index (χ4v) is 1.84. The first-order chi connectivity index (χ1) is 7.60. The molecule has 1 rings (SSSR count). The summed E-state index contributed by atoms with van der Waals surface area (Å²) in [7, 11) is 0. The Bertz CT molecular complexity index is 370. The summed E-state index contributed by atoms with van der Waals surface area (Å²) in [5, 5.41) is 10.9. The van der Waals surface area contributed by atoms with Crippen molar-refractivity contribution >= 4 is 0 Å². The van der Waals surface area contributed by atoms with E-state index in [0.29, 0.717) is 6.42 Å². The van der Waals surface area contributed by atoms with Gasteiger partial charge in [0.25, 0.3) is 0 Å². The van der Waals surface area contributed by atoms with E-state index in [1.165, 1.54) is 0 Å². The molecule has 0 fully saturated rings. The van der Waals surface area contributed by atoms with Gasteiger partial charge in [0.2, 0.25) is 6.04 Å². The summed E-state index contributed by atoms with van der Waals surface area (Å²) in [6.45, 7) is 7.54. The van der Waals surface area contributed by atoms with Gasteiger partial charge in [-0.25, -0.2) is 0 Å². The minimum atomic E-state index is -0.583. The zero-order chi connectivity index (χ0) is 12.1. The summed E-state index contributed by atoms with van der Waals surface area (Å²) in [5.74, 6) is -0.208. The quantitative estimate of drug-likeness (QED) is 0.433. The monoisotopic (exact) mass is 219 g/mol. The van der Waals surface area contributed by atoms with Crippen molar-refractivity contribution in [3.05, 3.63) is 58.2 Å². The van der Waals surface area contributed by atoms with Crippen LogP contribution in [-0.2, 0) is 0 Å². The van der Waals surface area contributed by atoms with Gasteiger partial charge in [-0.1, -0.05) is 42.8 Å². The highest BCUT2D eigenvalue weighted by atomic mass is 16.6. The number of nitro groups is 1. The topological polar surface area (TPSA) is 43.1 Å². The van der Waals surface area contributed by atoms with Crippen LogP contribution in [0.25, 0.3) is 0 Å². The van der Waals surface area contributed by atoms with Crippen LogP contribution >= 0.6 is 0 Å². The molecule has 0 heterocycles. The molecule has 3 nitrogen and oxygen atoms in total. The molecule has 0 aliphatic heterocycles. The maximum atomic E-state index is 10.9. The molecule has 0 aliphatic carbocycles. The highest BCUT2D eigenvalue weighted by Gasteiger charge is 2.28. The molecule has 0 saturated heterocycles. The van der Waals surface area contributed by atoms with Crippen molar-refractivity contribution in [2.75, 3.05) is 0 Å². The predicted octanol–water partition coefficient (Wildman–Crippen LogP) is 3.32. The van der Waals surface area contributed by atoms with E-state index < -0.39 is 6.04 Å². The number of nitrogens with zero attached hydrogens (tertiary/aromatic N) is 1. The Morgan fingerprint density at radius 2 is 2.00 bits per heavy atom. The van der Waals surface area contributed by atoms with Gasteiger partial charge >= 0.3 is 0 Å². The lowest BCUT2D eigenvalue weighted by atomic mass is 9.90. The molecule has 16 heavy (non-hydrogen) atoms. The van der Waals surface area contributed by atoms with Gasteiger partial charge in [0.1, 0.15) is 0 Å². The molecule has 0 spiro atoms. The largest absolute Gasteiger partial charge is 0.264 e. The minimum Gasteiger partial charge on any atom is -0.264 e. The first-order valence-electron chi connectivity index (χ1n) is 5.42. The fourth-order valence-electron chi connectivity index (χ4n) is 1.84. The van der Waals surface area contributed by atoms with Gasteiger partial charge in [-0.15, -0.1) is 6.58 Å². The second-order valence-electron chi connectivity index (χ2n) is 3.93. The van der Waals surface area contributed by atoms with Crippen LogP contribution in [0.4, 0.5) is 0 Å². The van der Waals surface area contributed by atoms with E-state index in [0.717, 1.165) is 11.1 Å². The van der Waals surface area contributed by atoms with Crippen molar-refractivity contribution in [1.82, 2.24) is 0 Å². The molecule has 86 valence electrons. The highest BCUT2D eigenvalue weighted by Crippen LogP contribution is 2.25. The Morgan fingerprint density at radius 1 is 1.44 bits per heavy atom. The van der Waals surface area contributed by atoms with Crippen molar-refractivity contribution in [2.45, 2.75) is 32.2 Å². The van der Waals surface area contributed by atoms with E-state index in [-0.39, 0.29) is 10.8 Å². The van der Waals surface area contributed by atoms with Gasteiger partial charge in [0, 0.05) is 11.3 Å². The molecule has 0 radical (unpaired) electrons. The predicted molar refractivity (Wildman–Crippen MR) is 65.2 cm³/mol. The molecule has 2 atom stereocenters. The zero-order valence-corrected chi connectivity index (χ0v) is 9.72. The fraction of sp³-hybridized carbons (Fsp3) is 0.385. The van der Waals surface area contributed by atoms with Gasteiger partial charge in [-0.05, 0) is 12.5 Å². The summed E-state index contributed by atoms with van der Waals surface area (Å²) >= 11 is 0. The summed E-state index contributed by atoms with van der Waals surface area (Å²) in [4.78, 5) is 10.7. The smallest absolute Gasteiger partial charge is 0.223 e. The zero-order valence-electron chi connectivity index (χ0n) is 9.72. The van der Waals surface area contributed by atoms with Crippen LogP contribution in [0.1, 0.15) is 30.4 Å². The standard InChI is InChI=1S/C13H17NO2/c1-4-12(13(5-2)14(15)16)11-8-6-10(3)7-9-11/h4,6-9,12-13H,1,5H2,2-3H3. The first kappa shape index (κ1) is 12.4. The Labute approximate surface area is 95.9 Å². The molecule has 1 aromatic rings. The molecular weight excluding hydrogens is 202 g/mol. The molecular formula is C13H17NO2. The van der Waals surface area contributed by atoms with Crippen molar-refractivity contribution in [3.63, 3.8) is 0 Å². The van der Waals surface area contributed by atoms with Crippen LogP contribution in [-0.4, -0.2) is 11.0 Å². The Hall–Kier alpha value is -1.64. The van der Waals surface area contributed by atoms with Crippen LogP contribution in [0.5, 0.6) is 0 Å². The second-order valence-corrected chi connectivity index (χ2v) is 3.93. The molecule has 0 aliphatic rings. The van der Waals surface area contributed by atoms with Crippen molar-refractivity contribution in [3.8, 4) is 0 Å². The minimum absolute atomic E-state index is 0.208. The lowest BCUT2D eigenvalue weighted by Gasteiger charge is -2.16. The van der Waals surface area contributed by atoms with Crippen LogP contribution in [0.3, 0.4) is 0 Å². The van der Waals surface area contributed by atoms with E-state index in [4.69, 9.17) is 0 Å². The maximum absolute atomic E-state index is 10.9. The normalized spacial score (nSPS) is 14.1. The molecule has 0 bridgehead atoms. The summed E-state index contributed by atoms with van der Waals surface area (Å²) in [6.07, 6.45) is 2.18. The van der Waals surface area contributed by atoms with E-state index in [9.17, 15) is 10.1 Å². The van der Waals surface area contributed by atoms with E-state index >= 15 is 0 Å². The van der Waals surface area contributed by atoms with Gasteiger partial charge in [0.05, 0.1) is 5.92 Å². The van der Waals surface area contributed by atoms with E-state index in [1.807, 2.05) is 38.1 Å². The summed E-state index contributed by atoms with van der Waals surface area (Å²) in [5.41, 5.74) is 2.12. The first-order valence-corrected chi connectivity index (χ1v) is 5.42. The summed E-state index contributed by atoms with van der Waals surface area (Å²) < 4.78 is 0. The van der Waals surface area contributed by atoms with E-state index in [2.05, 4.69) is 6.58 Å². The van der Waals surface area contributed by atoms with Crippen molar-refractivity contribution in [2.24, 2.45) is 0 Å². The third-order valence-corrected chi connectivity index (χ3v) is 2.82. The lowest BCUT2D eigenvalue weighted by molar-refractivity contribution is -0.525. The molecule has 0 saturated carbocycles. The number of rotatable bonds is 5. The van der Waals surface area contributed by atoms with Crippen LogP contribution in [0, 0.1) is 17.0 Å². The average molecular weight is 219 g/mol. The number of hydrogen-bond acceptors (Lipinski definition) is 2. The van der Waals surface area contributed by atoms with Gasteiger partial charge in [0.15, 0.2) is 0 Å². The molecule has 2 unspecified atom stereocenters. The van der Waals surface area contributed by atoms with Crippen LogP contribution in [0.2, 0.25) is 0 Å². The molecule has 3 heteroatoms. The van der Waals surface area contributed by atoms with Gasteiger partial charge in [-0.3, -0.25) is 10.1 Å². The number of aryl methyl sites for hydroxylation is 1. The summed E-state index contributed by atoms with van der Waals surface area (Å²) in [6, 6.07) is 7.23.